The number of amides is 1. The molecule has 6 heteroatoms. The van der Waals surface area contributed by atoms with Gasteiger partial charge in [-0.15, -0.1) is 0 Å². The van der Waals surface area contributed by atoms with Crippen LogP contribution in [0.5, 0.6) is 0 Å². The Labute approximate surface area is 160 Å². The summed E-state index contributed by atoms with van der Waals surface area (Å²) in [7, 11) is -3.53. The van der Waals surface area contributed by atoms with Gasteiger partial charge in [0.15, 0.2) is 0 Å². The molecule has 1 heterocycles. The molecule has 2 aromatic carbocycles. The summed E-state index contributed by atoms with van der Waals surface area (Å²) < 4.78 is 27.9. The maximum absolute atomic E-state index is 12.6. The Bertz CT molecular complexity index is 992. The normalized spacial score (nSPS) is 18.2. The molecule has 142 valence electrons. The van der Waals surface area contributed by atoms with Crippen LogP contribution in [0.3, 0.4) is 0 Å². The fraction of sp³-hybridized carbons (Fsp3) is 0.381. The molecule has 2 aromatic rings. The van der Waals surface area contributed by atoms with E-state index in [0.717, 1.165) is 54.5 Å². The predicted molar refractivity (Wildman–Crippen MR) is 107 cm³/mol. The summed E-state index contributed by atoms with van der Waals surface area (Å²) in [5.74, 6) is -0.0226. The minimum Gasteiger partial charge on any atom is -0.325 e. The van der Waals surface area contributed by atoms with Crippen molar-refractivity contribution in [2.75, 3.05) is 10.0 Å². The van der Waals surface area contributed by atoms with E-state index in [4.69, 9.17) is 0 Å². The number of hydrogen-bond acceptors (Lipinski definition) is 3. The predicted octanol–water partition coefficient (Wildman–Crippen LogP) is 4.09. The van der Waals surface area contributed by atoms with Gasteiger partial charge in [-0.05, 0) is 49.1 Å². The Morgan fingerprint density at radius 3 is 2.59 bits per heavy atom. The lowest BCUT2D eigenvalue weighted by Crippen LogP contribution is -2.36. The molecule has 27 heavy (non-hydrogen) atoms. The van der Waals surface area contributed by atoms with Crippen molar-refractivity contribution in [2.45, 2.75) is 50.2 Å². The van der Waals surface area contributed by atoms with Crippen LogP contribution in [0, 0.1) is 6.92 Å². The first-order chi connectivity index (χ1) is 12.9. The molecular formula is C21H24N2O3S. The fourth-order valence-corrected chi connectivity index (χ4v) is 5.54. The molecule has 1 spiro atoms. The Kier molecular flexibility index (Phi) is 4.46. The highest BCUT2D eigenvalue weighted by atomic mass is 32.2. The van der Waals surface area contributed by atoms with Crippen LogP contribution in [0.1, 0.15) is 48.8 Å². The Hall–Kier alpha value is -2.34. The van der Waals surface area contributed by atoms with Gasteiger partial charge in [0, 0.05) is 11.4 Å². The zero-order valence-corrected chi connectivity index (χ0v) is 16.2. The van der Waals surface area contributed by atoms with Crippen LogP contribution in [0.2, 0.25) is 0 Å². The van der Waals surface area contributed by atoms with E-state index in [0.29, 0.717) is 5.69 Å². The van der Waals surface area contributed by atoms with Crippen LogP contribution in [-0.2, 0) is 26.0 Å². The third kappa shape index (κ3) is 3.46. The summed E-state index contributed by atoms with van der Waals surface area (Å²) in [6.07, 6.45) is 4.84. The van der Waals surface area contributed by atoms with Crippen molar-refractivity contribution < 1.29 is 13.2 Å². The number of carbonyl (C=O) groups excluding carboxylic acids is 1. The molecule has 1 fully saturated rings. The van der Waals surface area contributed by atoms with Crippen LogP contribution in [0.25, 0.3) is 0 Å². The molecule has 0 aromatic heterocycles. The number of rotatable bonds is 4. The number of sulfonamides is 1. The molecule has 0 bridgehead atoms. The van der Waals surface area contributed by atoms with Gasteiger partial charge >= 0.3 is 0 Å². The van der Waals surface area contributed by atoms with Crippen LogP contribution in [-0.4, -0.2) is 14.3 Å². The number of hydrogen-bond donors (Lipinski definition) is 2. The topological polar surface area (TPSA) is 75.3 Å². The SMILES string of the molecule is Cc1cccc(CS(=O)(=O)Nc2ccc3c(c2)C2(CCCCC2)C(=O)N3)c1. The molecule has 1 aliphatic carbocycles. The molecule has 1 aliphatic heterocycles. The minimum absolute atomic E-state index is 0.0527. The summed E-state index contributed by atoms with van der Waals surface area (Å²) in [4.78, 5) is 12.6. The van der Waals surface area contributed by atoms with Gasteiger partial charge in [0.1, 0.15) is 0 Å². The van der Waals surface area contributed by atoms with Crippen LogP contribution in [0.4, 0.5) is 11.4 Å². The highest BCUT2D eigenvalue weighted by Gasteiger charge is 2.47. The molecule has 2 aliphatic rings. The summed E-state index contributed by atoms with van der Waals surface area (Å²) in [6, 6.07) is 12.9. The molecule has 1 amide bonds. The number of anilines is 2. The largest absolute Gasteiger partial charge is 0.325 e. The van der Waals surface area contributed by atoms with E-state index in [1.54, 1.807) is 12.1 Å². The van der Waals surface area contributed by atoms with Gasteiger partial charge in [0.25, 0.3) is 0 Å². The lowest BCUT2D eigenvalue weighted by atomic mass is 9.70. The maximum Gasteiger partial charge on any atom is 0.236 e. The average Bonchev–Trinajstić information content (AvgIpc) is 2.87. The van der Waals surface area contributed by atoms with E-state index in [1.165, 1.54) is 0 Å². The first-order valence-electron chi connectivity index (χ1n) is 9.40. The van der Waals surface area contributed by atoms with E-state index >= 15 is 0 Å². The zero-order chi connectivity index (χ0) is 19.1. The van der Waals surface area contributed by atoms with Crippen molar-refractivity contribution in [2.24, 2.45) is 0 Å². The van der Waals surface area contributed by atoms with Gasteiger partial charge in [-0.2, -0.15) is 0 Å². The monoisotopic (exact) mass is 384 g/mol. The molecular weight excluding hydrogens is 360 g/mol. The van der Waals surface area contributed by atoms with Gasteiger partial charge < -0.3 is 5.32 Å². The van der Waals surface area contributed by atoms with Crippen LogP contribution in [0.15, 0.2) is 42.5 Å². The number of fused-ring (bicyclic) bond motifs is 2. The van der Waals surface area contributed by atoms with Crippen molar-refractivity contribution in [3.63, 3.8) is 0 Å². The molecule has 0 saturated heterocycles. The maximum atomic E-state index is 12.6. The molecule has 0 atom stereocenters. The number of carbonyl (C=O) groups is 1. The molecule has 2 N–H and O–H groups in total. The Balaban J connectivity index is 1.60. The van der Waals surface area contributed by atoms with Gasteiger partial charge in [0.05, 0.1) is 11.2 Å². The Morgan fingerprint density at radius 1 is 1.07 bits per heavy atom. The van der Waals surface area contributed by atoms with Crippen molar-refractivity contribution in [3.05, 3.63) is 59.2 Å². The second kappa shape index (κ2) is 6.68. The van der Waals surface area contributed by atoms with Gasteiger partial charge in [-0.1, -0.05) is 49.1 Å². The van der Waals surface area contributed by atoms with Gasteiger partial charge in [-0.3, -0.25) is 9.52 Å². The van der Waals surface area contributed by atoms with E-state index in [2.05, 4.69) is 10.0 Å². The van der Waals surface area contributed by atoms with Gasteiger partial charge in [-0.25, -0.2) is 8.42 Å². The lowest BCUT2D eigenvalue weighted by Gasteiger charge is -2.31. The minimum atomic E-state index is -3.53. The van der Waals surface area contributed by atoms with Crippen molar-refractivity contribution >= 4 is 27.3 Å². The summed E-state index contributed by atoms with van der Waals surface area (Å²) in [6.45, 7) is 1.94. The van der Waals surface area contributed by atoms with Crippen molar-refractivity contribution in [1.29, 1.82) is 0 Å². The second-order valence-electron chi connectivity index (χ2n) is 7.71. The van der Waals surface area contributed by atoms with Crippen molar-refractivity contribution in [1.82, 2.24) is 0 Å². The number of aryl methyl sites for hydroxylation is 1. The lowest BCUT2D eigenvalue weighted by molar-refractivity contribution is -0.121. The van der Waals surface area contributed by atoms with E-state index in [1.807, 2.05) is 37.3 Å². The first kappa shape index (κ1) is 18.0. The second-order valence-corrected chi connectivity index (χ2v) is 9.43. The first-order valence-corrected chi connectivity index (χ1v) is 11.1. The van der Waals surface area contributed by atoms with E-state index < -0.39 is 15.4 Å². The van der Waals surface area contributed by atoms with E-state index in [-0.39, 0.29) is 11.7 Å². The number of benzene rings is 2. The van der Waals surface area contributed by atoms with Gasteiger partial charge in [0.2, 0.25) is 15.9 Å². The van der Waals surface area contributed by atoms with Crippen LogP contribution < -0.4 is 10.0 Å². The highest BCUT2D eigenvalue weighted by molar-refractivity contribution is 7.91. The Morgan fingerprint density at radius 2 is 1.85 bits per heavy atom. The van der Waals surface area contributed by atoms with E-state index in [9.17, 15) is 13.2 Å². The molecule has 0 unspecified atom stereocenters. The zero-order valence-electron chi connectivity index (χ0n) is 15.4. The molecule has 0 radical (unpaired) electrons. The summed E-state index contributed by atoms with van der Waals surface area (Å²) in [5.41, 5.74) is 3.55. The summed E-state index contributed by atoms with van der Waals surface area (Å²) >= 11 is 0. The number of nitrogens with one attached hydrogen (secondary N) is 2. The smallest absolute Gasteiger partial charge is 0.236 e. The molecule has 4 rings (SSSR count). The standard InChI is InChI=1S/C21H24N2O3S/c1-15-6-5-7-16(12-15)14-27(25,26)23-17-8-9-19-18(13-17)21(20(24)22-19)10-3-2-4-11-21/h5-9,12-13,23H,2-4,10-11,14H2,1H3,(H,22,24). The molecule has 5 nitrogen and oxygen atoms in total. The molecule has 1 saturated carbocycles. The quantitative estimate of drug-likeness (QED) is 0.834. The highest BCUT2D eigenvalue weighted by Crippen LogP contribution is 2.48. The third-order valence-electron chi connectivity index (χ3n) is 5.64. The third-order valence-corrected chi connectivity index (χ3v) is 6.90. The fourth-order valence-electron chi connectivity index (χ4n) is 4.37. The summed E-state index contributed by atoms with van der Waals surface area (Å²) in [5, 5.41) is 2.98. The van der Waals surface area contributed by atoms with Crippen molar-refractivity contribution in [3.8, 4) is 0 Å². The average molecular weight is 385 g/mol. The van der Waals surface area contributed by atoms with Crippen LogP contribution >= 0.6 is 0 Å².